The number of hydrogen-bond acceptors (Lipinski definition) is 10. The summed E-state index contributed by atoms with van der Waals surface area (Å²) >= 11 is 0. The number of hydrogen-bond donors (Lipinski definition) is 2. The normalized spacial score (nSPS) is 17.1. The number of aryl methyl sites for hydroxylation is 2. The van der Waals surface area contributed by atoms with Crippen LogP contribution in [0.25, 0.3) is 28.1 Å². The molecule has 0 bridgehead atoms. The largest absolute Gasteiger partial charge is 0.395 e. The lowest BCUT2D eigenvalue weighted by Gasteiger charge is -2.46. The predicted octanol–water partition coefficient (Wildman–Crippen LogP) is -0.0336. The van der Waals surface area contributed by atoms with Crippen molar-refractivity contribution in [1.29, 1.82) is 0 Å². The van der Waals surface area contributed by atoms with Crippen LogP contribution in [0, 0.1) is 6.92 Å². The highest BCUT2D eigenvalue weighted by molar-refractivity contribution is 5.97. The third-order valence-electron chi connectivity index (χ3n) is 6.84. The summed E-state index contributed by atoms with van der Waals surface area (Å²) in [4.78, 5) is 40.5. The van der Waals surface area contributed by atoms with E-state index in [2.05, 4.69) is 25.2 Å². The topological polar surface area (TPSA) is 139 Å². The lowest BCUT2D eigenvalue weighted by Crippen LogP contribution is -2.63. The monoisotopic (exact) mass is 492 g/mol. The van der Waals surface area contributed by atoms with Crippen molar-refractivity contribution in [2.75, 3.05) is 57.9 Å². The van der Waals surface area contributed by atoms with Crippen molar-refractivity contribution >= 4 is 33.9 Å². The average Bonchev–Trinajstić information content (AvgIpc) is 3.38. The number of carbonyl (C=O) groups excluding carboxylic acids is 1. The number of aromatic nitrogens is 7. The highest BCUT2D eigenvalue weighted by atomic mass is 16.5. The molecule has 0 radical (unpaired) electrons. The van der Waals surface area contributed by atoms with Gasteiger partial charge in [0.2, 0.25) is 11.8 Å². The van der Waals surface area contributed by atoms with E-state index in [4.69, 9.17) is 14.7 Å². The number of aliphatic hydroxyl groups excluding tert-OH is 1. The molecule has 4 aromatic heterocycles. The molecule has 2 aliphatic heterocycles. The molecule has 13 nitrogen and oxygen atoms in total. The van der Waals surface area contributed by atoms with Gasteiger partial charge in [0.1, 0.15) is 5.82 Å². The average molecular weight is 493 g/mol. The van der Waals surface area contributed by atoms with Crippen LogP contribution in [0.3, 0.4) is 0 Å². The fourth-order valence-corrected chi connectivity index (χ4v) is 4.87. The molecule has 2 fully saturated rings. The second-order valence-electron chi connectivity index (χ2n) is 9.06. The standard InChI is InChI=1S/C23H28N10O3/c1-14-26-16-3-4-24-11-17(16)33(14)23-28-19(25-5-8-34)18-20(29-23)30(2)21(27-18)22(35)32-12-15(13-32)31-6-9-36-10-7-31/h3-4,11,15,34H,5-10,12-13H2,1-2H3,(H,25,28,29). The first-order chi connectivity index (χ1) is 17.5. The molecule has 13 heteroatoms. The molecule has 6 rings (SSSR count). The van der Waals surface area contributed by atoms with Crippen LogP contribution in [-0.2, 0) is 11.8 Å². The van der Waals surface area contributed by atoms with Crippen LogP contribution in [-0.4, -0.2) is 113 Å². The van der Waals surface area contributed by atoms with Gasteiger partial charge < -0.3 is 24.6 Å². The van der Waals surface area contributed by atoms with E-state index in [1.807, 2.05) is 22.5 Å². The lowest BCUT2D eigenvalue weighted by molar-refractivity contribution is -0.0260. The molecule has 2 N–H and O–H groups in total. The van der Waals surface area contributed by atoms with Crippen molar-refractivity contribution in [2.24, 2.45) is 7.05 Å². The van der Waals surface area contributed by atoms with E-state index in [-0.39, 0.29) is 19.1 Å². The number of aliphatic hydroxyl groups is 1. The number of amides is 1. The maximum absolute atomic E-state index is 13.4. The molecular formula is C23H28N10O3. The Hall–Kier alpha value is -3.68. The third-order valence-corrected chi connectivity index (χ3v) is 6.84. The minimum Gasteiger partial charge on any atom is -0.395 e. The summed E-state index contributed by atoms with van der Waals surface area (Å²) in [5, 5.41) is 12.5. The van der Waals surface area contributed by atoms with Crippen molar-refractivity contribution in [3.63, 3.8) is 0 Å². The van der Waals surface area contributed by atoms with Gasteiger partial charge in [-0.15, -0.1) is 0 Å². The summed E-state index contributed by atoms with van der Waals surface area (Å²) in [7, 11) is 1.79. The molecular weight excluding hydrogens is 464 g/mol. The number of morpholine rings is 1. The van der Waals surface area contributed by atoms with Gasteiger partial charge in [-0.05, 0) is 13.0 Å². The number of anilines is 1. The van der Waals surface area contributed by atoms with Crippen LogP contribution in [0.4, 0.5) is 5.82 Å². The molecule has 36 heavy (non-hydrogen) atoms. The van der Waals surface area contributed by atoms with Gasteiger partial charge in [0.05, 0.1) is 37.1 Å². The molecule has 0 aromatic carbocycles. The van der Waals surface area contributed by atoms with E-state index >= 15 is 0 Å². The Morgan fingerprint density at radius 2 is 2.00 bits per heavy atom. The van der Waals surface area contributed by atoms with E-state index in [0.29, 0.717) is 53.7 Å². The molecule has 2 saturated heterocycles. The Morgan fingerprint density at radius 1 is 1.19 bits per heavy atom. The summed E-state index contributed by atoms with van der Waals surface area (Å²) in [6.07, 6.45) is 3.41. The Bertz CT molecular complexity index is 1440. The number of nitrogens with one attached hydrogen (secondary N) is 1. The Kier molecular flexibility index (Phi) is 5.74. The molecule has 6 heterocycles. The van der Waals surface area contributed by atoms with Gasteiger partial charge >= 0.3 is 0 Å². The number of likely N-dealkylation sites (tertiary alicyclic amines) is 1. The molecule has 4 aromatic rings. The van der Waals surface area contributed by atoms with Crippen molar-refractivity contribution in [1.82, 2.24) is 43.9 Å². The molecule has 0 saturated carbocycles. The number of ether oxygens (including phenoxy) is 1. The van der Waals surface area contributed by atoms with Gasteiger partial charge in [0.15, 0.2) is 17.0 Å². The van der Waals surface area contributed by atoms with Crippen LogP contribution in [0.1, 0.15) is 16.4 Å². The number of carbonyl (C=O) groups is 1. The molecule has 2 aliphatic rings. The second-order valence-corrected chi connectivity index (χ2v) is 9.06. The van der Waals surface area contributed by atoms with Crippen LogP contribution < -0.4 is 5.32 Å². The first-order valence-corrected chi connectivity index (χ1v) is 12.0. The van der Waals surface area contributed by atoms with Gasteiger partial charge in [0, 0.05) is 52.0 Å². The molecule has 0 aliphatic carbocycles. The Balaban J connectivity index is 1.36. The minimum absolute atomic E-state index is 0.0763. The summed E-state index contributed by atoms with van der Waals surface area (Å²) in [6, 6.07) is 2.19. The summed E-state index contributed by atoms with van der Waals surface area (Å²) in [6.45, 7) is 6.69. The van der Waals surface area contributed by atoms with Crippen LogP contribution in [0.5, 0.6) is 0 Å². The van der Waals surface area contributed by atoms with E-state index in [1.165, 1.54) is 0 Å². The maximum atomic E-state index is 13.4. The quantitative estimate of drug-likeness (QED) is 0.377. The summed E-state index contributed by atoms with van der Waals surface area (Å²) < 4.78 is 8.97. The van der Waals surface area contributed by atoms with E-state index in [1.54, 1.807) is 24.0 Å². The maximum Gasteiger partial charge on any atom is 0.290 e. The van der Waals surface area contributed by atoms with Gasteiger partial charge in [0.25, 0.3) is 5.91 Å². The molecule has 0 spiro atoms. The smallest absolute Gasteiger partial charge is 0.290 e. The fraction of sp³-hybridized carbons (Fsp3) is 0.478. The lowest BCUT2D eigenvalue weighted by atomic mass is 10.1. The van der Waals surface area contributed by atoms with Crippen LogP contribution in [0.2, 0.25) is 0 Å². The molecule has 188 valence electrons. The van der Waals surface area contributed by atoms with Crippen LogP contribution in [0.15, 0.2) is 18.5 Å². The van der Waals surface area contributed by atoms with Crippen molar-refractivity contribution in [3.05, 3.63) is 30.1 Å². The first kappa shape index (κ1) is 22.8. The number of fused-ring (bicyclic) bond motifs is 2. The number of rotatable bonds is 6. The van der Waals surface area contributed by atoms with Gasteiger partial charge in [-0.25, -0.2) is 9.97 Å². The number of nitrogens with zero attached hydrogens (tertiary/aromatic N) is 9. The van der Waals surface area contributed by atoms with E-state index in [0.717, 1.165) is 37.3 Å². The third kappa shape index (κ3) is 3.75. The first-order valence-electron chi connectivity index (χ1n) is 12.0. The highest BCUT2D eigenvalue weighted by Crippen LogP contribution is 2.26. The molecule has 1 amide bonds. The molecule has 0 unspecified atom stereocenters. The van der Waals surface area contributed by atoms with Gasteiger partial charge in [-0.1, -0.05) is 0 Å². The summed E-state index contributed by atoms with van der Waals surface area (Å²) in [5.41, 5.74) is 2.54. The van der Waals surface area contributed by atoms with Gasteiger partial charge in [-0.2, -0.15) is 9.97 Å². The second kappa shape index (κ2) is 9.08. The number of imidazole rings is 2. The Morgan fingerprint density at radius 3 is 2.78 bits per heavy atom. The van der Waals surface area contributed by atoms with E-state index < -0.39 is 0 Å². The van der Waals surface area contributed by atoms with Crippen LogP contribution >= 0.6 is 0 Å². The number of pyridine rings is 1. The van der Waals surface area contributed by atoms with Crippen molar-refractivity contribution < 1.29 is 14.6 Å². The zero-order valence-electron chi connectivity index (χ0n) is 20.3. The van der Waals surface area contributed by atoms with Crippen molar-refractivity contribution in [3.8, 4) is 5.95 Å². The van der Waals surface area contributed by atoms with Crippen molar-refractivity contribution in [2.45, 2.75) is 13.0 Å². The zero-order valence-corrected chi connectivity index (χ0v) is 20.3. The zero-order chi connectivity index (χ0) is 24.8. The fourth-order valence-electron chi connectivity index (χ4n) is 4.87. The summed E-state index contributed by atoms with van der Waals surface area (Å²) in [5.74, 6) is 1.70. The SMILES string of the molecule is Cc1nc2ccncc2n1-c1nc(NCCO)c2nc(C(=O)N3CC(N4CCOCC4)C3)n(C)c2n1. The van der Waals surface area contributed by atoms with E-state index in [9.17, 15) is 9.90 Å². The minimum atomic E-state index is -0.136. The highest BCUT2D eigenvalue weighted by Gasteiger charge is 2.37. The predicted molar refractivity (Wildman–Crippen MR) is 131 cm³/mol. The Labute approximate surface area is 206 Å². The van der Waals surface area contributed by atoms with Gasteiger partial charge in [-0.3, -0.25) is 19.2 Å². The molecule has 0 atom stereocenters.